The topological polar surface area (TPSA) is 70.2 Å². The van der Waals surface area contributed by atoms with Crippen LogP contribution in [0.2, 0.25) is 0 Å². The first-order valence-corrected chi connectivity index (χ1v) is 7.60. The van der Waals surface area contributed by atoms with Gasteiger partial charge in [0.15, 0.2) is 5.69 Å². The first-order valence-electron chi connectivity index (χ1n) is 7.60. The van der Waals surface area contributed by atoms with Crippen molar-refractivity contribution in [1.29, 1.82) is 0 Å². The van der Waals surface area contributed by atoms with Gasteiger partial charge in [0.2, 0.25) is 0 Å². The van der Waals surface area contributed by atoms with Crippen LogP contribution in [0.25, 0.3) is 0 Å². The lowest BCUT2D eigenvalue weighted by Gasteiger charge is -2.18. The summed E-state index contributed by atoms with van der Waals surface area (Å²) in [5, 5.41) is 10.3. The molecule has 1 aliphatic heterocycles. The Morgan fingerprint density at radius 2 is 2.08 bits per heavy atom. The summed E-state index contributed by atoms with van der Waals surface area (Å²) in [6.07, 6.45) is 0.824. The van der Waals surface area contributed by atoms with Crippen molar-refractivity contribution in [3.63, 3.8) is 0 Å². The maximum Gasteiger partial charge on any atom is 0.387 e. The fourth-order valence-electron chi connectivity index (χ4n) is 2.70. The van der Waals surface area contributed by atoms with Gasteiger partial charge >= 0.3 is 6.61 Å². The Balaban J connectivity index is 0.00000225. The molecule has 0 saturated carbocycles. The van der Waals surface area contributed by atoms with Crippen LogP contribution < -0.4 is 10.1 Å². The average Bonchev–Trinajstić information content (AvgIpc) is 2.99. The van der Waals surface area contributed by atoms with Crippen LogP contribution in [-0.2, 0) is 19.5 Å². The van der Waals surface area contributed by atoms with Crippen molar-refractivity contribution in [1.82, 2.24) is 20.4 Å². The number of rotatable bonds is 5. The lowest BCUT2D eigenvalue weighted by atomic mass is 10.1. The molecule has 0 aliphatic carbocycles. The Morgan fingerprint density at radius 3 is 2.76 bits per heavy atom. The summed E-state index contributed by atoms with van der Waals surface area (Å²) in [6.45, 7) is -1.01. The largest absolute Gasteiger partial charge is 0.435 e. The van der Waals surface area contributed by atoms with E-state index in [1.54, 1.807) is 24.1 Å². The first kappa shape index (κ1) is 19.1. The third kappa shape index (κ3) is 4.46. The highest BCUT2D eigenvalue weighted by Crippen LogP contribution is 2.19. The third-order valence-corrected chi connectivity index (χ3v) is 3.92. The van der Waals surface area contributed by atoms with Gasteiger partial charge in [0.05, 0.1) is 0 Å². The molecule has 6 nitrogen and oxygen atoms in total. The van der Waals surface area contributed by atoms with E-state index < -0.39 is 6.61 Å². The summed E-state index contributed by atoms with van der Waals surface area (Å²) in [5.41, 5.74) is 3.16. The van der Waals surface area contributed by atoms with E-state index in [0.29, 0.717) is 18.8 Å². The standard InChI is InChI=1S/C16H18F2N4O2.ClH/c1-22(9-10-2-4-11(5-3-10)24-16(17)18)15(23)14-12-8-19-7-6-13(12)20-21-14;/h2-5,16,19H,6-9H2,1H3,(H,20,21);1H. The van der Waals surface area contributed by atoms with Crippen LogP contribution in [0.15, 0.2) is 24.3 Å². The monoisotopic (exact) mass is 372 g/mol. The molecular weight excluding hydrogens is 354 g/mol. The molecule has 1 amide bonds. The predicted octanol–water partition coefficient (Wildman–Crippen LogP) is 2.35. The Morgan fingerprint density at radius 1 is 1.36 bits per heavy atom. The molecule has 2 aromatic rings. The number of hydrogen-bond acceptors (Lipinski definition) is 4. The summed E-state index contributed by atoms with van der Waals surface area (Å²) in [6, 6.07) is 6.23. The molecule has 0 spiro atoms. The lowest BCUT2D eigenvalue weighted by Crippen LogP contribution is -2.29. The number of amides is 1. The number of H-pyrrole nitrogens is 1. The summed E-state index contributed by atoms with van der Waals surface area (Å²) in [5.74, 6) is -0.0840. The number of aromatic nitrogens is 2. The second-order valence-corrected chi connectivity index (χ2v) is 5.64. The molecule has 0 unspecified atom stereocenters. The van der Waals surface area contributed by atoms with Crippen LogP contribution in [0.4, 0.5) is 8.78 Å². The van der Waals surface area contributed by atoms with E-state index in [1.807, 2.05) is 0 Å². The van der Waals surface area contributed by atoms with Crippen molar-refractivity contribution in [2.45, 2.75) is 26.1 Å². The van der Waals surface area contributed by atoms with Crippen molar-refractivity contribution in [2.75, 3.05) is 13.6 Å². The fourth-order valence-corrected chi connectivity index (χ4v) is 2.70. The Hall–Kier alpha value is -2.19. The van der Waals surface area contributed by atoms with Gasteiger partial charge < -0.3 is 15.0 Å². The molecule has 0 bridgehead atoms. The molecule has 25 heavy (non-hydrogen) atoms. The molecule has 2 N–H and O–H groups in total. The number of nitrogens with one attached hydrogen (secondary N) is 2. The molecule has 0 radical (unpaired) electrons. The van der Waals surface area contributed by atoms with Gasteiger partial charge in [-0.05, 0) is 17.7 Å². The van der Waals surface area contributed by atoms with E-state index in [-0.39, 0.29) is 24.1 Å². The minimum Gasteiger partial charge on any atom is -0.435 e. The second kappa shape index (κ2) is 8.26. The van der Waals surface area contributed by atoms with Crippen molar-refractivity contribution >= 4 is 18.3 Å². The highest BCUT2D eigenvalue weighted by atomic mass is 35.5. The molecule has 136 valence electrons. The summed E-state index contributed by atoms with van der Waals surface area (Å²) in [7, 11) is 1.68. The SMILES string of the molecule is CN(Cc1ccc(OC(F)F)cc1)C(=O)c1n[nH]c2c1CNCC2.Cl. The fraction of sp³-hybridized carbons (Fsp3) is 0.375. The average molecular weight is 373 g/mol. The maximum absolute atomic E-state index is 12.6. The van der Waals surface area contributed by atoms with E-state index in [1.165, 1.54) is 12.1 Å². The lowest BCUT2D eigenvalue weighted by molar-refractivity contribution is -0.0498. The minimum absolute atomic E-state index is 0. The Bertz CT molecular complexity index is 721. The van der Waals surface area contributed by atoms with Gasteiger partial charge in [0, 0.05) is 44.4 Å². The number of benzene rings is 1. The van der Waals surface area contributed by atoms with Gasteiger partial charge in [-0.1, -0.05) is 12.1 Å². The van der Waals surface area contributed by atoms with Crippen LogP contribution in [0, 0.1) is 0 Å². The Kier molecular flexibility index (Phi) is 6.33. The van der Waals surface area contributed by atoms with Crippen molar-refractivity contribution in [3.05, 3.63) is 46.8 Å². The highest BCUT2D eigenvalue weighted by molar-refractivity contribution is 5.93. The Labute approximate surface area is 150 Å². The van der Waals surface area contributed by atoms with Crippen LogP contribution >= 0.6 is 12.4 Å². The zero-order valence-corrected chi connectivity index (χ0v) is 14.4. The zero-order chi connectivity index (χ0) is 17.1. The van der Waals surface area contributed by atoms with E-state index in [9.17, 15) is 13.6 Å². The molecule has 1 aromatic heterocycles. The number of carbonyl (C=O) groups is 1. The number of aromatic amines is 1. The first-order chi connectivity index (χ1) is 11.5. The van der Waals surface area contributed by atoms with Crippen molar-refractivity contribution < 1.29 is 18.3 Å². The summed E-state index contributed by atoms with van der Waals surface area (Å²) < 4.78 is 28.6. The summed E-state index contributed by atoms with van der Waals surface area (Å²) >= 11 is 0. The van der Waals surface area contributed by atoms with Gasteiger partial charge in [-0.2, -0.15) is 13.9 Å². The van der Waals surface area contributed by atoms with Crippen LogP contribution in [0.3, 0.4) is 0 Å². The number of ether oxygens (including phenoxy) is 1. The molecule has 1 aliphatic rings. The minimum atomic E-state index is -2.85. The molecule has 9 heteroatoms. The predicted molar refractivity (Wildman–Crippen MR) is 90.1 cm³/mol. The number of carbonyl (C=O) groups excluding carboxylic acids is 1. The van der Waals surface area contributed by atoms with Gasteiger partial charge in [-0.3, -0.25) is 9.89 Å². The van der Waals surface area contributed by atoms with Crippen LogP contribution in [0.5, 0.6) is 5.75 Å². The highest BCUT2D eigenvalue weighted by Gasteiger charge is 2.23. The maximum atomic E-state index is 12.6. The van der Waals surface area contributed by atoms with Crippen molar-refractivity contribution in [3.8, 4) is 5.75 Å². The molecule has 2 heterocycles. The second-order valence-electron chi connectivity index (χ2n) is 5.64. The molecule has 1 aromatic carbocycles. The number of halogens is 3. The van der Waals surface area contributed by atoms with Gasteiger partial charge in [0.25, 0.3) is 5.91 Å². The zero-order valence-electron chi connectivity index (χ0n) is 13.6. The van der Waals surface area contributed by atoms with E-state index in [4.69, 9.17) is 0 Å². The number of fused-ring (bicyclic) bond motifs is 1. The van der Waals surface area contributed by atoms with E-state index in [0.717, 1.165) is 29.8 Å². The van der Waals surface area contributed by atoms with Gasteiger partial charge in [-0.15, -0.1) is 12.4 Å². The van der Waals surface area contributed by atoms with Crippen molar-refractivity contribution in [2.24, 2.45) is 0 Å². The quantitative estimate of drug-likeness (QED) is 0.845. The van der Waals surface area contributed by atoms with Crippen LogP contribution in [-0.4, -0.2) is 41.2 Å². The smallest absolute Gasteiger partial charge is 0.387 e. The van der Waals surface area contributed by atoms with E-state index >= 15 is 0 Å². The molecular formula is C16H19ClF2N4O2. The summed E-state index contributed by atoms with van der Waals surface area (Å²) in [4.78, 5) is 14.1. The number of alkyl halides is 2. The molecule has 3 rings (SSSR count). The number of nitrogens with zero attached hydrogens (tertiary/aromatic N) is 2. The number of hydrogen-bond donors (Lipinski definition) is 2. The molecule has 0 atom stereocenters. The normalized spacial score (nSPS) is 13.1. The van der Waals surface area contributed by atoms with Gasteiger partial charge in [-0.25, -0.2) is 0 Å². The molecule has 0 saturated heterocycles. The van der Waals surface area contributed by atoms with Crippen LogP contribution in [0.1, 0.15) is 27.3 Å². The van der Waals surface area contributed by atoms with E-state index in [2.05, 4.69) is 20.3 Å². The molecule has 0 fully saturated rings. The third-order valence-electron chi connectivity index (χ3n) is 3.92. The van der Waals surface area contributed by atoms with Gasteiger partial charge in [0.1, 0.15) is 5.75 Å².